The van der Waals surface area contributed by atoms with Crippen molar-refractivity contribution in [3.63, 3.8) is 0 Å². The smallest absolute Gasteiger partial charge is 0.220 e. The van der Waals surface area contributed by atoms with E-state index in [4.69, 9.17) is 16.2 Å². The number of ether oxygens (including phenoxy) is 1. The summed E-state index contributed by atoms with van der Waals surface area (Å²) in [6.45, 7) is 1.17. The first-order valence-corrected chi connectivity index (χ1v) is 6.96. The van der Waals surface area contributed by atoms with Crippen molar-refractivity contribution in [2.75, 3.05) is 18.9 Å². The zero-order valence-corrected chi connectivity index (χ0v) is 11.7. The van der Waals surface area contributed by atoms with Gasteiger partial charge >= 0.3 is 0 Å². The van der Waals surface area contributed by atoms with E-state index in [0.29, 0.717) is 30.2 Å². The lowest BCUT2D eigenvalue weighted by molar-refractivity contribution is 0.237. The molecule has 0 aliphatic heterocycles. The first-order chi connectivity index (χ1) is 10.1. The number of aromatic nitrogens is 1. The molecule has 1 fully saturated rings. The van der Waals surface area contributed by atoms with Gasteiger partial charge in [-0.15, -0.1) is 0 Å². The molecule has 0 bridgehead atoms. The highest BCUT2D eigenvalue weighted by Crippen LogP contribution is 2.44. The van der Waals surface area contributed by atoms with Crippen molar-refractivity contribution in [1.82, 2.24) is 4.98 Å². The molecule has 110 valence electrons. The number of hydrogen-bond donors (Lipinski definition) is 2. The Labute approximate surface area is 122 Å². The first-order valence-electron chi connectivity index (χ1n) is 6.96. The highest BCUT2D eigenvalue weighted by molar-refractivity contribution is 5.66. The van der Waals surface area contributed by atoms with E-state index in [9.17, 15) is 4.39 Å². The molecule has 2 aromatic rings. The molecule has 1 heterocycles. The molecule has 1 saturated carbocycles. The number of halogens is 1. The van der Waals surface area contributed by atoms with Crippen LogP contribution in [-0.2, 0) is 0 Å². The van der Waals surface area contributed by atoms with Gasteiger partial charge in [0.2, 0.25) is 5.95 Å². The SMILES string of the molecule is NCC1(COc2cnc(F)c(-c3ccc(N)cc3)c2)CC1. The maximum absolute atomic E-state index is 13.9. The van der Waals surface area contributed by atoms with Crippen molar-refractivity contribution in [3.05, 3.63) is 42.5 Å². The summed E-state index contributed by atoms with van der Waals surface area (Å²) < 4.78 is 19.6. The normalized spacial score (nSPS) is 15.7. The maximum Gasteiger partial charge on any atom is 0.220 e. The van der Waals surface area contributed by atoms with Crippen LogP contribution >= 0.6 is 0 Å². The van der Waals surface area contributed by atoms with Gasteiger partial charge in [0.15, 0.2) is 0 Å². The van der Waals surface area contributed by atoms with E-state index < -0.39 is 5.95 Å². The van der Waals surface area contributed by atoms with Crippen molar-refractivity contribution in [1.29, 1.82) is 0 Å². The molecular weight excluding hydrogens is 269 g/mol. The molecule has 1 aliphatic carbocycles. The molecule has 4 N–H and O–H groups in total. The molecule has 0 atom stereocenters. The van der Waals surface area contributed by atoms with Gasteiger partial charge in [-0.3, -0.25) is 0 Å². The third-order valence-corrected chi connectivity index (χ3v) is 3.97. The van der Waals surface area contributed by atoms with E-state index in [1.54, 1.807) is 30.3 Å². The summed E-state index contributed by atoms with van der Waals surface area (Å²) in [7, 11) is 0. The van der Waals surface area contributed by atoms with Gasteiger partial charge < -0.3 is 16.2 Å². The van der Waals surface area contributed by atoms with Crippen LogP contribution in [0.2, 0.25) is 0 Å². The first kappa shape index (κ1) is 13.8. The van der Waals surface area contributed by atoms with Gasteiger partial charge in [-0.2, -0.15) is 4.39 Å². The van der Waals surface area contributed by atoms with Crippen molar-refractivity contribution < 1.29 is 9.13 Å². The highest BCUT2D eigenvalue weighted by atomic mass is 19.1. The number of rotatable bonds is 5. The largest absolute Gasteiger partial charge is 0.491 e. The summed E-state index contributed by atoms with van der Waals surface area (Å²) in [5.74, 6) is 0.0371. The predicted molar refractivity (Wildman–Crippen MR) is 80.3 cm³/mol. The van der Waals surface area contributed by atoms with Gasteiger partial charge in [0.25, 0.3) is 0 Å². The Morgan fingerprint density at radius 3 is 2.57 bits per heavy atom. The van der Waals surface area contributed by atoms with Crippen LogP contribution in [0.3, 0.4) is 0 Å². The molecular formula is C16H18FN3O. The average Bonchev–Trinajstić information content (AvgIpc) is 3.28. The fourth-order valence-corrected chi connectivity index (χ4v) is 2.19. The molecule has 0 amide bonds. The molecule has 1 aromatic carbocycles. The van der Waals surface area contributed by atoms with Crippen LogP contribution in [0.15, 0.2) is 36.5 Å². The second kappa shape index (κ2) is 5.33. The standard InChI is InChI=1S/C16H18FN3O/c17-15-14(11-1-3-12(19)4-2-11)7-13(8-20-15)21-10-16(9-18)5-6-16/h1-4,7-8H,5-6,9-10,18-19H2. The van der Waals surface area contributed by atoms with Crippen LogP contribution in [0, 0.1) is 11.4 Å². The average molecular weight is 287 g/mol. The van der Waals surface area contributed by atoms with Gasteiger partial charge in [-0.05, 0) is 36.6 Å². The van der Waals surface area contributed by atoms with Gasteiger partial charge in [-0.25, -0.2) is 4.98 Å². The third kappa shape index (κ3) is 2.97. The Morgan fingerprint density at radius 2 is 1.95 bits per heavy atom. The van der Waals surface area contributed by atoms with E-state index in [0.717, 1.165) is 18.4 Å². The van der Waals surface area contributed by atoms with Gasteiger partial charge in [-0.1, -0.05) is 12.1 Å². The number of nitrogens with two attached hydrogens (primary N) is 2. The fraction of sp³-hybridized carbons (Fsp3) is 0.312. The van der Waals surface area contributed by atoms with Crippen LogP contribution in [0.4, 0.5) is 10.1 Å². The maximum atomic E-state index is 13.9. The van der Waals surface area contributed by atoms with Crippen molar-refractivity contribution in [2.45, 2.75) is 12.8 Å². The number of anilines is 1. The van der Waals surface area contributed by atoms with Crippen molar-refractivity contribution in [3.8, 4) is 16.9 Å². The molecule has 21 heavy (non-hydrogen) atoms. The number of benzene rings is 1. The van der Waals surface area contributed by atoms with Crippen LogP contribution in [0.1, 0.15) is 12.8 Å². The van der Waals surface area contributed by atoms with Crippen molar-refractivity contribution >= 4 is 5.69 Å². The molecule has 0 radical (unpaired) electrons. The summed E-state index contributed by atoms with van der Waals surface area (Å²) in [6, 6.07) is 8.66. The van der Waals surface area contributed by atoms with Crippen molar-refractivity contribution in [2.24, 2.45) is 11.1 Å². The topological polar surface area (TPSA) is 74.2 Å². The number of pyridine rings is 1. The Hall–Kier alpha value is -2.14. The van der Waals surface area contributed by atoms with E-state index in [1.165, 1.54) is 6.20 Å². The number of nitrogens with zero attached hydrogens (tertiary/aromatic N) is 1. The minimum Gasteiger partial charge on any atom is -0.491 e. The minimum atomic E-state index is -0.521. The summed E-state index contributed by atoms with van der Waals surface area (Å²) in [5, 5.41) is 0. The lowest BCUT2D eigenvalue weighted by atomic mass is 10.1. The number of hydrogen-bond acceptors (Lipinski definition) is 4. The quantitative estimate of drug-likeness (QED) is 0.655. The van der Waals surface area contributed by atoms with E-state index in [2.05, 4.69) is 4.98 Å². The molecule has 0 saturated heterocycles. The Bertz CT molecular complexity index is 638. The molecule has 0 unspecified atom stereocenters. The summed E-state index contributed by atoms with van der Waals surface area (Å²) in [6.07, 6.45) is 3.58. The van der Waals surface area contributed by atoms with E-state index >= 15 is 0 Å². The zero-order valence-electron chi connectivity index (χ0n) is 11.7. The predicted octanol–water partition coefficient (Wildman–Crippen LogP) is 2.59. The summed E-state index contributed by atoms with van der Waals surface area (Å²) in [5.41, 5.74) is 13.2. The molecule has 4 nitrogen and oxygen atoms in total. The monoisotopic (exact) mass is 287 g/mol. The van der Waals surface area contributed by atoms with Gasteiger partial charge in [0, 0.05) is 23.2 Å². The minimum absolute atomic E-state index is 0.107. The van der Waals surface area contributed by atoms with E-state index in [-0.39, 0.29) is 5.41 Å². The lowest BCUT2D eigenvalue weighted by Gasteiger charge is -2.14. The van der Waals surface area contributed by atoms with Crippen LogP contribution < -0.4 is 16.2 Å². The zero-order chi connectivity index (χ0) is 14.9. The third-order valence-electron chi connectivity index (χ3n) is 3.97. The van der Waals surface area contributed by atoms with Gasteiger partial charge in [0.05, 0.1) is 12.8 Å². The van der Waals surface area contributed by atoms with Crippen LogP contribution in [0.25, 0.3) is 11.1 Å². The Morgan fingerprint density at radius 1 is 1.24 bits per heavy atom. The number of nitrogen functional groups attached to an aromatic ring is 1. The molecule has 1 aromatic heterocycles. The summed E-state index contributed by atoms with van der Waals surface area (Å²) >= 11 is 0. The van der Waals surface area contributed by atoms with Crippen LogP contribution in [0.5, 0.6) is 5.75 Å². The molecule has 0 spiro atoms. The lowest BCUT2D eigenvalue weighted by Crippen LogP contribution is -2.22. The van der Waals surface area contributed by atoms with Crippen LogP contribution in [-0.4, -0.2) is 18.1 Å². The van der Waals surface area contributed by atoms with E-state index in [1.807, 2.05) is 0 Å². The second-order valence-electron chi connectivity index (χ2n) is 5.62. The fourth-order valence-electron chi connectivity index (χ4n) is 2.19. The molecule has 3 rings (SSSR count). The second-order valence-corrected chi connectivity index (χ2v) is 5.62. The Kier molecular flexibility index (Phi) is 3.51. The summed E-state index contributed by atoms with van der Waals surface area (Å²) in [4.78, 5) is 3.77. The Balaban J connectivity index is 1.81. The highest BCUT2D eigenvalue weighted by Gasteiger charge is 2.42. The molecule has 1 aliphatic rings. The molecule has 5 heteroatoms. The van der Waals surface area contributed by atoms with Gasteiger partial charge in [0.1, 0.15) is 5.75 Å².